The van der Waals surface area contributed by atoms with Crippen LogP contribution in [0.2, 0.25) is 0 Å². The van der Waals surface area contributed by atoms with Crippen LogP contribution in [0.15, 0.2) is 12.4 Å². The van der Waals surface area contributed by atoms with E-state index in [2.05, 4.69) is 29.6 Å². The summed E-state index contributed by atoms with van der Waals surface area (Å²) in [6, 6.07) is 0. The molecule has 0 amide bonds. The average Bonchev–Trinajstić information content (AvgIpc) is 2.75. The minimum Gasteiger partial charge on any atom is -0.335 e. The maximum absolute atomic E-state index is 6.23. The Morgan fingerprint density at radius 3 is 2.93 bits per heavy atom. The second-order valence-corrected chi connectivity index (χ2v) is 4.69. The summed E-state index contributed by atoms with van der Waals surface area (Å²) in [5.74, 6) is 2.35. The molecule has 1 aliphatic rings. The molecule has 2 rings (SSSR count). The number of hydrogen-bond donors (Lipinski definition) is 0. The van der Waals surface area contributed by atoms with Gasteiger partial charge in [-0.05, 0) is 25.7 Å². The molecule has 3 unspecified atom stereocenters. The Morgan fingerprint density at radius 1 is 1.57 bits per heavy atom. The SMILES string of the molecule is CCn1ccnc1C1CCC(Cl)C1C. The summed E-state index contributed by atoms with van der Waals surface area (Å²) in [7, 11) is 0. The zero-order chi connectivity index (χ0) is 10.1. The number of nitrogens with zero attached hydrogens (tertiary/aromatic N) is 2. The Morgan fingerprint density at radius 2 is 2.36 bits per heavy atom. The maximum atomic E-state index is 6.23. The highest BCUT2D eigenvalue weighted by molar-refractivity contribution is 6.21. The van der Waals surface area contributed by atoms with E-state index in [4.69, 9.17) is 11.6 Å². The third kappa shape index (κ3) is 1.56. The van der Waals surface area contributed by atoms with Crippen molar-refractivity contribution in [1.82, 2.24) is 9.55 Å². The normalized spacial score (nSPS) is 32.4. The molecule has 0 aliphatic heterocycles. The molecular weight excluding hydrogens is 196 g/mol. The molecule has 0 saturated heterocycles. The van der Waals surface area contributed by atoms with E-state index in [1.807, 2.05) is 6.20 Å². The topological polar surface area (TPSA) is 17.8 Å². The summed E-state index contributed by atoms with van der Waals surface area (Å²) in [5.41, 5.74) is 0. The van der Waals surface area contributed by atoms with Crippen molar-refractivity contribution in [3.05, 3.63) is 18.2 Å². The van der Waals surface area contributed by atoms with Crippen molar-refractivity contribution in [2.45, 2.75) is 44.5 Å². The summed E-state index contributed by atoms with van der Waals surface area (Å²) >= 11 is 6.23. The van der Waals surface area contributed by atoms with E-state index >= 15 is 0 Å². The number of hydrogen-bond acceptors (Lipinski definition) is 1. The van der Waals surface area contributed by atoms with Gasteiger partial charge in [-0.3, -0.25) is 0 Å². The van der Waals surface area contributed by atoms with Crippen molar-refractivity contribution < 1.29 is 0 Å². The monoisotopic (exact) mass is 212 g/mol. The van der Waals surface area contributed by atoms with Crippen molar-refractivity contribution in [2.75, 3.05) is 0 Å². The number of imidazole rings is 1. The van der Waals surface area contributed by atoms with Crippen molar-refractivity contribution in [3.63, 3.8) is 0 Å². The van der Waals surface area contributed by atoms with Crippen molar-refractivity contribution in [2.24, 2.45) is 5.92 Å². The Hall–Kier alpha value is -0.500. The molecule has 0 aromatic carbocycles. The molecule has 1 saturated carbocycles. The first-order valence-corrected chi connectivity index (χ1v) is 5.82. The molecule has 78 valence electrons. The predicted octanol–water partition coefficient (Wildman–Crippen LogP) is 3.02. The van der Waals surface area contributed by atoms with Gasteiger partial charge in [0.25, 0.3) is 0 Å². The highest BCUT2D eigenvalue weighted by atomic mass is 35.5. The Kier molecular flexibility index (Phi) is 2.82. The third-order valence-corrected chi connectivity index (χ3v) is 3.99. The standard InChI is InChI=1S/C11H17ClN2/c1-3-14-7-6-13-11(14)9-4-5-10(12)8(9)2/h6-10H,3-5H2,1-2H3. The smallest absolute Gasteiger partial charge is 0.112 e. The van der Waals surface area contributed by atoms with Gasteiger partial charge in [-0.1, -0.05) is 6.92 Å². The summed E-state index contributed by atoms with van der Waals surface area (Å²) < 4.78 is 2.23. The molecule has 1 aromatic rings. The molecule has 0 bridgehead atoms. The van der Waals surface area contributed by atoms with Crippen molar-refractivity contribution >= 4 is 11.6 Å². The average molecular weight is 213 g/mol. The van der Waals surface area contributed by atoms with Gasteiger partial charge >= 0.3 is 0 Å². The largest absolute Gasteiger partial charge is 0.335 e. The fourth-order valence-corrected chi connectivity index (χ4v) is 2.70. The quantitative estimate of drug-likeness (QED) is 0.690. The highest BCUT2D eigenvalue weighted by Crippen LogP contribution is 2.41. The highest BCUT2D eigenvalue weighted by Gasteiger charge is 2.34. The van der Waals surface area contributed by atoms with Gasteiger partial charge in [-0.25, -0.2) is 4.98 Å². The van der Waals surface area contributed by atoms with Gasteiger partial charge in [-0.15, -0.1) is 11.6 Å². The lowest BCUT2D eigenvalue weighted by molar-refractivity contribution is 0.490. The zero-order valence-corrected chi connectivity index (χ0v) is 9.54. The summed E-state index contributed by atoms with van der Waals surface area (Å²) in [6.45, 7) is 5.40. The van der Waals surface area contributed by atoms with E-state index in [1.165, 1.54) is 12.2 Å². The zero-order valence-electron chi connectivity index (χ0n) is 8.78. The first-order valence-electron chi connectivity index (χ1n) is 5.39. The van der Waals surface area contributed by atoms with Crippen molar-refractivity contribution in [1.29, 1.82) is 0 Å². The lowest BCUT2D eigenvalue weighted by atomic mass is 9.97. The van der Waals surface area contributed by atoms with E-state index in [-0.39, 0.29) is 0 Å². The second-order valence-electron chi connectivity index (χ2n) is 4.13. The summed E-state index contributed by atoms with van der Waals surface area (Å²) in [4.78, 5) is 4.46. The van der Waals surface area contributed by atoms with Crippen LogP contribution < -0.4 is 0 Å². The van der Waals surface area contributed by atoms with Crippen LogP contribution in [-0.2, 0) is 6.54 Å². The van der Waals surface area contributed by atoms with Gasteiger partial charge in [0.05, 0.1) is 0 Å². The van der Waals surface area contributed by atoms with Gasteiger partial charge in [0.2, 0.25) is 0 Å². The van der Waals surface area contributed by atoms with Crippen LogP contribution in [0, 0.1) is 5.92 Å². The van der Waals surface area contributed by atoms with Gasteiger partial charge in [0, 0.05) is 30.2 Å². The van der Waals surface area contributed by atoms with Crippen molar-refractivity contribution in [3.8, 4) is 0 Å². The van der Waals surface area contributed by atoms with Gasteiger partial charge in [0.15, 0.2) is 0 Å². The Labute approximate surface area is 90.3 Å². The fraction of sp³-hybridized carbons (Fsp3) is 0.727. The van der Waals surface area contributed by atoms with Crippen LogP contribution in [0.5, 0.6) is 0 Å². The van der Waals surface area contributed by atoms with Crippen LogP contribution >= 0.6 is 11.6 Å². The molecule has 2 nitrogen and oxygen atoms in total. The predicted molar refractivity (Wildman–Crippen MR) is 58.7 cm³/mol. The number of aryl methyl sites for hydroxylation is 1. The maximum Gasteiger partial charge on any atom is 0.112 e. The molecule has 1 aromatic heterocycles. The first kappa shape index (κ1) is 10.0. The third-order valence-electron chi connectivity index (χ3n) is 3.38. The molecule has 0 N–H and O–H groups in total. The first-order chi connectivity index (χ1) is 6.74. The van der Waals surface area contributed by atoms with Gasteiger partial charge < -0.3 is 4.57 Å². The Balaban J connectivity index is 2.23. The van der Waals surface area contributed by atoms with Crippen LogP contribution in [0.25, 0.3) is 0 Å². The van der Waals surface area contributed by atoms with Gasteiger partial charge in [0.1, 0.15) is 5.82 Å². The number of aromatic nitrogens is 2. The van der Waals surface area contributed by atoms with Crippen LogP contribution in [0.3, 0.4) is 0 Å². The summed E-state index contributed by atoms with van der Waals surface area (Å²) in [6.07, 6.45) is 6.27. The van der Waals surface area contributed by atoms with Crippen LogP contribution in [0.1, 0.15) is 38.4 Å². The molecule has 3 heteroatoms. The molecule has 1 fully saturated rings. The number of halogens is 1. The number of rotatable bonds is 2. The van der Waals surface area contributed by atoms with E-state index in [1.54, 1.807) is 0 Å². The lowest BCUT2D eigenvalue weighted by Gasteiger charge is -2.17. The Bertz CT molecular complexity index is 308. The number of alkyl halides is 1. The van der Waals surface area contributed by atoms with E-state index < -0.39 is 0 Å². The second kappa shape index (κ2) is 3.93. The molecule has 14 heavy (non-hydrogen) atoms. The van der Waals surface area contributed by atoms with E-state index in [0.717, 1.165) is 13.0 Å². The minimum atomic E-state index is 0.335. The molecule has 0 radical (unpaired) electrons. The molecule has 3 atom stereocenters. The molecule has 1 heterocycles. The summed E-state index contributed by atoms with van der Waals surface area (Å²) in [5, 5.41) is 0.335. The van der Waals surface area contributed by atoms with E-state index in [0.29, 0.717) is 17.2 Å². The fourth-order valence-electron chi connectivity index (χ4n) is 2.40. The van der Waals surface area contributed by atoms with Crippen LogP contribution in [0.4, 0.5) is 0 Å². The molecule has 0 spiro atoms. The lowest BCUT2D eigenvalue weighted by Crippen LogP contribution is -2.14. The molecule has 1 aliphatic carbocycles. The minimum absolute atomic E-state index is 0.335. The van der Waals surface area contributed by atoms with E-state index in [9.17, 15) is 0 Å². The van der Waals surface area contributed by atoms with Gasteiger partial charge in [-0.2, -0.15) is 0 Å². The molecular formula is C11H17ClN2. The van der Waals surface area contributed by atoms with Crippen LogP contribution in [-0.4, -0.2) is 14.9 Å².